The summed E-state index contributed by atoms with van der Waals surface area (Å²) in [4.78, 5) is 21.9. The summed E-state index contributed by atoms with van der Waals surface area (Å²) in [5, 5.41) is 24.5. The fourth-order valence-electron chi connectivity index (χ4n) is 1.76. The number of phenolic OH excluding ortho intramolecular Hbond substituents is 1. The van der Waals surface area contributed by atoms with Crippen molar-refractivity contribution in [2.24, 2.45) is 5.10 Å². The molecule has 0 aliphatic heterocycles. The summed E-state index contributed by atoms with van der Waals surface area (Å²) in [6.45, 7) is -0.482. The topological polar surface area (TPSA) is 114 Å². The largest absolute Gasteiger partial charge is 0.506 e. The second-order valence-electron chi connectivity index (χ2n) is 4.63. The lowest BCUT2D eigenvalue weighted by atomic mass is 10.2. The van der Waals surface area contributed by atoms with Crippen LogP contribution in [0.25, 0.3) is 0 Å². The molecule has 0 aliphatic rings. The van der Waals surface area contributed by atoms with E-state index in [1.54, 1.807) is 6.07 Å². The van der Waals surface area contributed by atoms with E-state index in [0.29, 0.717) is 0 Å². The Bertz CT molecular complexity index is 842. The predicted octanol–water partition coefficient (Wildman–Crippen LogP) is 3.14. The Morgan fingerprint density at radius 2 is 2.08 bits per heavy atom. The van der Waals surface area contributed by atoms with Gasteiger partial charge in [0.15, 0.2) is 12.4 Å². The van der Waals surface area contributed by atoms with Crippen LogP contribution in [0.1, 0.15) is 5.56 Å². The van der Waals surface area contributed by atoms with Gasteiger partial charge in [-0.25, -0.2) is 5.43 Å². The number of hydrazone groups is 1. The van der Waals surface area contributed by atoms with Gasteiger partial charge in [-0.2, -0.15) is 5.10 Å². The van der Waals surface area contributed by atoms with Gasteiger partial charge in [0.05, 0.1) is 16.2 Å². The Morgan fingerprint density at radius 1 is 1.36 bits per heavy atom. The number of hydrogen-bond donors (Lipinski definition) is 2. The molecule has 0 bridgehead atoms. The molecule has 130 valence electrons. The van der Waals surface area contributed by atoms with E-state index in [1.165, 1.54) is 30.3 Å². The zero-order valence-electron chi connectivity index (χ0n) is 12.5. The summed E-state index contributed by atoms with van der Waals surface area (Å²) < 4.78 is 5.11. The lowest BCUT2D eigenvalue weighted by Crippen LogP contribution is -2.24. The summed E-state index contributed by atoms with van der Waals surface area (Å²) in [5.74, 6) is -0.923. The highest BCUT2D eigenvalue weighted by atomic mass is 35.5. The summed E-state index contributed by atoms with van der Waals surface area (Å²) in [6, 6.07) is 8.43. The van der Waals surface area contributed by atoms with Crippen molar-refractivity contribution >= 4 is 41.0 Å². The molecule has 2 aromatic rings. The Balaban J connectivity index is 1.95. The maximum absolute atomic E-state index is 11.7. The van der Waals surface area contributed by atoms with Crippen LogP contribution in [-0.2, 0) is 4.79 Å². The van der Waals surface area contributed by atoms with Crippen LogP contribution in [0.5, 0.6) is 11.5 Å². The molecule has 25 heavy (non-hydrogen) atoms. The van der Waals surface area contributed by atoms with Crippen molar-refractivity contribution in [1.82, 2.24) is 5.43 Å². The molecule has 0 fully saturated rings. The van der Waals surface area contributed by atoms with Crippen LogP contribution in [0.3, 0.4) is 0 Å². The van der Waals surface area contributed by atoms with Gasteiger partial charge in [0.1, 0.15) is 5.75 Å². The van der Waals surface area contributed by atoms with Crippen LogP contribution < -0.4 is 10.2 Å². The molecule has 10 heteroatoms. The Kier molecular flexibility index (Phi) is 6.15. The number of para-hydroxylation sites is 2. The fraction of sp³-hybridized carbons (Fsp3) is 0.0667. The van der Waals surface area contributed by atoms with Crippen molar-refractivity contribution in [3.8, 4) is 11.5 Å². The molecule has 0 aromatic heterocycles. The van der Waals surface area contributed by atoms with Gasteiger partial charge in [0.2, 0.25) is 0 Å². The average molecular weight is 384 g/mol. The number of carbonyl (C=O) groups is 1. The van der Waals surface area contributed by atoms with E-state index in [9.17, 15) is 20.0 Å². The summed E-state index contributed by atoms with van der Waals surface area (Å²) in [5.41, 5.74) is 2.11. The number of nitro benzene ring substituents is 1. The van der Waals surface area contributed by atoms with E-state index in [4.69, 9.17) is 27.9 Å². The van der Waals surface area contributed by atoms with E-state index in [-0.39, 0.29) is 32.8 Å². The van der Waals surface area contributed by atoms with Crippen molar-refractivity contribution < 1.29 is 19.6 Å². The summed E-state index contributed by atoms with van der Waals surface area (Å²) in [7, 11) is 0. The first-order valence-corrected chi connectivity index (χ1v) is 7.50. The molecular formula is C15H11Cl2N3O5. The van der Waals surface area contributed by atoms with Crippen LogP contribution in [0.15, 0.2) is 41.5 Å². The molecule has 0 saturated carbocycles. The van der Waals surface area contributed by atoms with E-state index < -0.39 is 17.4 Å². The summed E-state index contributed by atoms with van der Waals surface area (Å²) >= 11 is 11.6. The van der Waals surface area contributed by atoms with E-state index in [0.717, 1.165) is 6.21 Å². The SMILES string of the molecule is O=C(COc1ccccc1[N+](=O)[O-])N/N=C\c1cc(Cl)cc(Cl)c1O. The van der Waals surface area contributed by atoms with E-state index >= 15 is 0 Å². The minimum Gasteiger partial charge on any atom is -0.506 e. The van der Waals surface area contributed by atoms with Gasteiger partial charge in [-0.1, -0.05) is 35.3 Å². The molecular weight excluding hydrogens is 373 g/mol. The van der Waals surface area contributed by atoms with Gasteiger partial charge >= 0.3 is 5.69 Å². The zero-order chi connectivity index (χ0) is 18.4. The van der Waals surface area contributed by atoms with Gasteiger partial charge in [-0.05, 0) is 18.2 Å². The van der Waals surface area contributed by atoms with Crippen LogP contribution in [0, 0.1) is 10.1 Å². The third-order valence-corrected chi connectivity index (χ3v) is 3.38. The lowest BCUT2D eigenvalue weighted by Gasteiger charge is -2.05. The van der Waals surface area contributed by atoms with Crippen LogP contribution >= 0.6 is 23.2 Å². The number of amides is 1. The monoisotopic (exact) mass is 383 g/mol. The molecule has 2 aromatic carbocycles. The second-order valence-corrected chi connectivity index (χ2v) is 5.48. The van der Waals surface area contributed by atoms with Gasteiger partial charge in [0.25, 0.3) is 5.91 Å². The second kappa shape index (κ2) is 8.32. The molecule has 2 rings (SSSR count). The molecule has 0 aliphatic carbocycles. The number of aromatic hydroxyl groups is 1. The van der Waals surface area contributed by atoms with Gasteiger partial charge in [-0.15, -0.1) is 0 Å². The van der Waals surface area contributed by atoms with E-state index in [2.05, 4.69) is 10.5 Å². The average Bonchev–Trinajstić information content (AvgIpc) is 2.57. The Morgan fingerprint density at radius 3 is 2.80 bits per heavy atom. The zero-order valence-corrected chi connectivity index (χ0v) is 14.0. The molecule has 0 heterocycles. The minimum absolute atomic E-state index is 0.0362. The van der Waals surface area contributed by atoms with Crippen molar-refractivity contribution in [1.29, 1.82) is 0 Å². The highest BCUT2D eigenvalue weighted by molar-refractivity contribution is 6.36. The molecule has 1 amide bonds. The van der Waals surface area contributed by atoms with Gasteiger partial charge < -0.3 is 9.84 Å². The molecule has 2 N–H and O–H groups in total. The van der Waals surface area contributed by atoms with Crippen LogP contribution in [-0.4, -0.2) is 28.8 Å². The van der Waals surface area contributed by atoms with Crippen LogP contribution in [0.4, 0.5) is 5.69 Å². The van der Waals surface area contributed by atoms with Gasteiger partial charge in [-0.3, -0.25) is 14.9 Å². The third kappa shape index (κ3) is 5.07. The minimum atomic E-state index is -0.651. The van der Waals surface area contributed by atoms with Crippen molar-refractivity contribution in [3.05, 3.63) is 62.1 Å². The molecule has 8 nitrogen and oxygen atoms in total. The first-order valence-electron chi connectivity index (χ1n) is 6.74. The van der Waals surface area contributed by atoms with Crippen molar-refractivity contribution in [2.45, 2.75) is 0 Å². The number of nitrogens with zero attached hydrogens (tertiary/aromatic N) is 2. The van der Waals surface area contributed by atoms with Crippen molar-refractivity contribution in [2.75, 3.05) is 6.61 Å². The smallest absolute Gasteiger partial charge is 0.310 e. The number of rotatable bonds is 6. The number of hydrogen-bond acceptors (Lipinski definition) is 6. The molecule has 0 atom stereocenters. The number of halogens is 2. The number of nitrogens with one attached hydrogen (secondary N) is 1. The number of carbonyl (C=O) groups excluding carboxylic acids is 1. The van der Waals surface area contributed by atoms with E-state index in [1.807, 2.05) is 0 Å². The Labute approximate surface area is 151 Å². The van der Waals surface area contributed by atoms with Crippen LogP contribution in [0.2, 0.25) is 10.0 Å². The quantitative estimate of drug-likeness (QED) is 0.451. The molecule has 0 radical (unpaired) electrons. The molecule has 0 spiro atoms. The highest BCUT2D eigenvalue weighted by Crippen LogP contribution is 2.30. The number of nitro groups is 1. The maximum atomic E-state index is 11.7. The van der Waals surface area contributed by atoms with Gasteiger partial charge in [0, 0.05) is 16.7 Å². The molecule has 0 unspecified atom stereocenters. The highest BCUT2D eigenvalue weighted by Gasteiger charge is 2.14. The van der Waals surface area contributed by atoms with Crippen molar-refractivity contribution in [3.63, 3.8) is 0 Å². The summed E-state index contributed by atoms with van der Waals surface area (Å²) in [6.07, 6.45) is 1.15. The fourth-order valence-corrected chi connectivity index (χ4v) is 2.27. The normalized spacial score (nSPS) is 10.6. The number of phenols is 1. The first kappa shape index (κ1) is 18.5. The number of benzene rings is 2. The third-order valence-electron chi connectivity index (χ3n) is 2.87. The maximum Gasteiger partial charge on any atom is 0.310 e. The lowest BCUT2D eigenvalue weighted by molar-refractivity contribution is -0.385. The molecule has 0 saturated heterocycles. The standard InChI is InChI=1S/C15H11Cl2N3O5/c16-10-5-9(15(22)11(17)6-10)7-18-19-14(21)8-25-13-4-2-1-3-12(13)20(23)24/h1-7,22H,8H2,(H,19,21)/b18-7-. The first-order chi connectivity index (χ1) is 11.9. The Hall–Kier alpha value is -2.84. The number of ether oxygens (including phenoxy) is 1. The predicted molar refractivity (Wildman–Crippen MR) is 92.5 cm³/mol.